The van der Waals surface area contributed by atoms with Crippen LogP contribution in [-0.2, 0) is 5.41 Å². The highest BCUT2D eigenvalue weighted by Crippen LogP contribution is 2.52. The molecule has 0 fully saturated rings. The average Bonchev–Trinajstić information content (AvgIpc) is 3.76. The van der Waals surface area contributed by atoms with E-state index in [-0.39, 0.29) is 5.41 Å². The van der Waals surface area contributed by atoms with Crippen molar-refractivity contribution in [2.45, 2.75) is 19.3 Å². The normalized spacial score (nSPS) is 13.5. The fourth-order valence-electron chi connectivity index (χ4n) is 7.52. The number of fused-ring (bicyclic) bond motifs is 9. The maximum atomic E-state index is 6.47. The molecule has 5 heteroatoms. The summed E-state index contributed by atoms with van der Waals surface area (Å²) in [5, 5.41) is 4.17. The van der Waals surface area contributed by atoms with E-state index >= 15 is 0 Å². The van der Waals surface area contributed by atoms with Crippen molar-refractivity contribution >= 4 is 43.9 Å². The Hall–Kier alpha value is -6.07. The van der Waals surface area contributed by atoms with Crippen LogP contribution in [0.2, 0.25) is 0 Å². The van der Waals surface area contributed by atoms with Gasteiger partial charge < -0.3 is 8.83 Å². The molecule has 10 rings (SSSR count). The van der Waals surface area contributed by atoms with E-state index in [1.807, 2.05) is 60.7 Å². The van der Waals surface area contributed by atoms with E-state index < -0.39 is 0 Å². The molecule has 0 spiro atoms. The summed E-state index contributed by atoms with van der Waals surface area (Å²) in [7, 11) is 0. The Morgan fingerprint density at radius 1 is 0.404 bits per heavy atom. The first-order chi connectivity index (χ1) is 23.1. The van der Waals surface area contributed by atoms with Crippen LogP contribution in [-0.4, -0.2) is 15.0 Å². The summed E-state index contributed by atoms with van der Waals surface area (Å²) >= 11 is 0. The summed E-state index contributed by atoms with van der Waals surface area (Å²) in [5.41, 5.74) is 10.6. The summed E-state index contributed by atoms with van der Waals surface area (Å²) in [6, 6.07) is 43.7. The van der Waals surface area contributed by atoms with E-state index in [1.165, 1.54) is 22.3 Å². The van der Waals surface area contributed by atoms with Crippen molar-refractivity contribution in [3.63, 3.8) is 0 Å². The third-order valence-corrected chi connectivity index (χ3v) is 9.77. The minimum absolute atomic E-state index is 0.152. The molecule has 47 heavy (non-hydrogen) atoms. The second-order valence-electron chi connectivity index (χ2n) is 12.8. The second-order valence-corrected chi connectivity index (χ2v) is 12.8. The topological polar surface area (TPSA) is 65.0 Å². The molecule has 0 amide bonds. The Morgan fingerprint density at radius 3 is 1.45 bits per heavy atom. The van der Waals surface area contributed by atoms with Crippen LogP contribution in [0.15, 0.2) is 136 Å². The van der Waals surface area contributed by atoms with Crippen molar-refractivity contribution in [1.29, 1.82) is 0 Å². The van der Waals surface area contributed by atoms with Crippen molar-refractivity contribution < 1.29 is 8.83 Å². The summed E-state index contributed by atoms with van der Waals surface area (Å²) < 4.78 is 12.9. The third kappa shape index (κ3) is 3.68. The standard InChI is InChI=1S/C42H27N3O2/c1-42(2)32-20-6-3-14-28(32)36-29(17-11-21-33(36)42)39-43-40(30-18-9-15-26-24-12-4-7-22-34(24)46-37(26)30)45-41(44-39)31-19-10-16-27-25-13-5-8-23-35(25)47-38(27)31/h3-23H,1-2H3. The molecule has 1 aliphatic carbocycles. The fourth-order valence-corrected chi connectivity index (χ4v) is 7.52. The maximum absolute atomic E-state index is 6.47. The molecule has 0 unspecified atom stereocenters. The summed E-state index contributed by atoms with van der Waals surface area (Å²) in [6.45, 7) is 4.58. The van der Waals surface area contributed by atoms with Gasteiger partial charge in [0.2, 0.25) is 0 Å². The van der Waals surface area contributed by atoms with Gasteiger partial charge in [-0.05, 0) is 46.5 Å². The van der Waals surface area contributed by atoms with E-state index in [0.717, 1.165) is 60.6 Å². The van der Waals surface area contributed by atoms with Gasteiger partial charge in [-0.3, -0.25) is 0 Å². The number of furan rings is 2. The Kier molecular flexibility index (Phi) is 5.28. The number of rotatable bonds is 3. The van der Waals surface area contributed by atoms with Gasteiger partial charge >= 0.3 is 0 Å². The van der Waals surface area contributed by atoms with E-state index in [4.69, 9.17) is 23.8 Å². The zero-order valence-corrected chi connectivity index (χ0v) is 25.8. The summed E-state index contributed by atoms with van der Waals surface area (Å²) in [6.07, 6.45) is 0. The second kappa shape index (κ2) is 9.47. The van der Waals surface area contributed by atoms with Gasteiger partial charge in [0.1, 0.15) is 22.3 Å². The maximum Gasteiger partial charge on any atom is 0.167 e. The number of aromatic nitrogens is 3. The fraction of sp³-hybridized carbons (Fsp3) is 0.0714. The first-order valence-corrected chi connectivity index (χ1v) is 15.9. The number of benzene rings is 6. The van der Waals surface area contributed by atoms with Crippen molar-refractivity contribution in [2.75, 3.05) is 0 Å². The molecule has 9 aromatic rings. The van der Waals surface area contributed by atoms with Crippen molar-refractivity contribution in [2.24, 2.45) is 0 Å². The minimum Gasteiger partial charge on any atom is -0.455 e. The number of hydrogen-bond acceptors (Lipinski definition) is 5. The first-order valence-electron chi connectivity index (χ1n) is 15.9. The number of nitrogens with zero attached hydrogens (tertiary/aromatic N) is 3. The molecule has 222 valence electrons. The molecule has 6 aromatic carbocycles. The molecular weight excluding hydrogens is 578 g/mol. The molecule has 0 saturated heterocycles. The molecule has 0 radical (unpaired) electrons. The van der Waals surface area contributed by atoms with Gasteiger partial charge in [0.25, 0.3) is 0 Å². The van der Waals surface area contributed by atoms with Gasteiger partial charge in [-0.25, -0.2) is 15.0 Å². The molecule has 5 nitrogen and oxygen atoms in total. The predicted molar refractivity (Wildman–Crippen MR) is 188 cm³/mol. The van der Waals surface area contributed by atoms with Gasteiger partial charge in [0.15, 0.2) is 17.5 Å². The lowest BCUT2D eigenvalue weighted by atomic mass is 9.82. The zero-order chi connectivity index (χ0) is 31.3. The van der Waals surface area contributed by atoms with Crippen molar-refractivity contribution in [3.8, 4) is 45.3 Å². The Morgan fingerprint density at radius 2 is 0.830 bits per heavy atom. The smallest absolute Gasteiger partial charge is 0.167 e. The molecule has 0 N–H and O–H groups in total. The van der Waals surface area contributed by atoms with E-state index in [1.54, 1.807) is 0 Å². The highest BCUT2D eigenvalue weighted by molar-refractivity contribution is 6.10. The van der Waals surface area contributed by atoms with Crippen LogP contribution < -0.4 is 0 Å². The van der Waals surface area contributed by atoms with Crippen LogP contribution in [0, 0.1) is 0 Å². The molecule has 3 aromatic heterocycles. The van der Waals surface area contributed by atoms with Crippen LogP contribution in [0.3, 0.4) is 0 Å². The van der Waals surface area contributed by atoms with Crippen LogP contribution in [0.1, 0.15) is 25.0 Å². The molecule has 1 aliphatic rings. The highest BCUT2D eigenvalue weighted by atomic mass is 16.3. The van der Waals surface area contributed by atoms with Gasteiger partial charge in [-0.15, -0.1) is 0 Å². The molecule has 0 saturated carbocycles. The highest BCUT2D eigenvalue weighted by Gasteiger charge is 2.37. The lowest BCUT2D eigenvalue weighted by molar-refractivity contribution is 0.660. The largest absolute Gasteiger partial charge is 0.455 e. The first kappa shape index (κ1) is 26.2. The Labute approximate surface area is 270 Å². The van der Waals surface area contributed by atoms with Gasteiger partial charge in [0.05, 0.1) is 11.1 Å². The molecule has 0 bridgehead atoms. The Bertz CT molecular complexity index is 2600. The number of hydrogen-bond donors (Lipinski definition) is 0. The Balaban J connectivity index is 1.29. The van der Waals surface area contributed by atoms with Crippen molar-refractivity contribution in [3.05, 3.63) is 139 Å². The molecular formula is C42H27N3O2. The number of para-hydroxylation sites is 4. The van der Waals surface area contributed by atoms with Gasteiger partial charge in [0, 0.05) is 32.5 Å². The zero-order valence-electron chi connectivity index (χ0n) is 25.8. The van der Waals surface area contributed by atoms with Crippen LogP contribution >= 0.6 is 0 Å². The average molecular weight is 606 g/mol. The van der Waals surface area contributed by atoms with E-state index in [0.29, 0.717) is 17.5 Å². The lowest BCUT2D eigenvalue weighted by Crippen LogP contribution is -2.14. The minimum atomic E-state index is -0.152. The van der Waals surface area contributed by atoms with Gasteiger partial charge in [-0.1, -0.05) is 117 Å². The van der Waals surface area contributed by atoms with E-state index in [2.05, 4.69) is 80.6 Å². The quantitative estimate of drug-likeness (QED) is 0.200. The van der Waals surface area contributed by atoms with Gasteiger partial charge in [-0.2, -0.15) is 0 Å². The monoisotopic (exact) mass is 605 g/mol. The predicted octanol–water partition coefficient (Wildman–Crippen LogP) is 11.0. The summed E-state index contributed by atoms with van der Waals surface area (Å²) in [4.78, 5) is 15.6. The lowest BCUT2D eigenvalue weighted by Gasteiger charge is -2.21. The molecule has 3 heterocycles. The van der Waals surface area contributed by atoms with Crippen molar-refractivity contribution in [1.82, 2.24) is 15.0 Å². The molecule has 0 aliphatic heterocycles. The SMILES string of the molecule is CC1(C)c2ccccc2-c2c(-c3nc(-c4cccc5c4oc4ccccc45)nc(-c4cccc5c4oc4ccccc45)n3)cccc21. The van der Waals surface area contributed by atoms with E-state index in [9.17, 15) is 0 Å². The van der Waals surface area contributed by atoms with Crippen LogP contribution in [0.25, 0.3) is 89.2 Å². The molecule has 0 atom stereocenters. The third-order valence-electron chi connectivity index (χ3n) is 9.77. The van der Waals surface area contributed by atoms with Crippen LogP contribution in [0.4, 0.5) is 0 Å². The van der Waals surface area contributed by atoms with Crippen LogP contribution in [0.5, 0.6) is 0 Å². The summed E-state index contributed by atoms with van der Waals surface area (Å²) in [5.74, 6) is 1.70.